The van der Waals surface area contributed by atoms with Crippen molar-refractivity contribution in [3.63, 3.8) is 0 Å². The second kappa shape index (κ2) is 9.41. The number of tetrazole rings is 1. The van der Waals surface area contributed by atoms with Gasteiger partial charge in [-0.05, 0) is 59.0 Å². The zero-order valence-corrected chi connectivity index (χ0v) is 20.1. The van der Waals surface area contributed by atoms with Crippen LogP contribution in [0.2, 0.25) is 10.0 Å². The number of anilines is 1. The van der Waals surface area contributed by atoms with Crippen molar-refractivity contribution in [2.24, 2.45) is 5.41 Å². The van der Waals surface area contributed by atoms with Crippen molar-refractivity contribution >= 4 is 35.0 Å². The second-order valence-electron chi connectivity index (χ2n) is 8.96. The highest BCUT2D eigenvalue weighted by molar-refractivity contribution is 6.35. The van der Waals surface area contributed by atoms with Crippen LogP contribution in [0.15, 0.2) is 54.6 Å². The van der Waals surface area contributed by atoms with Crippen molar-refractivity contribution in [1.82, 2.24) is 20.2 Å². The van der Waals surface area contributed by atoms with Crippen LogP contribution < -0.4 is 5.32 Å². The molecule has 7 heteroatoms. The van der Waals surface area contributed by atoms with E-state index in [-0.39, 0.29) is 11.5 Å². The molecule has 2 aromatic carbocycles. The van der Waals surface area contributed by atoms with Gasteiger partial charge in [0.1, 0.15) is 0 Å². The Hall–Kier alpha value is -2.37. The van der Waals surface area contributed by atoms with Gasteiger partial charge < -0.3 is 5.32 Å². The first-order valence-electron chi connectivity index (χ1n) is 10.4. The lowest BCUT2D eigenvalue weighted by atomic mass is 9.85. The molecule has 164 valence electrons. The lowest BCUT2D eigenvalue weighted by Gasteiger charge is -2.34. The monoisotopic (exact) mass is 457 g/mol. The highest BCUT2D eigenvalue weighted by atomic mass is 35.5. The zero-order valence-electron chi connectivity index (χ0n) is 18.6. The van der Waals surface area contributed by atoms with Gasteiger partial charge in [-0.2, -0.15) is 0 Å². The Labute approximate surface area is 194 Å². The van der Waals surface area contributed by atoms with E-state index in [0.717, 1.165) is 23.5 Å². The maximum Gasteiger partial charge on any atom is 0.177 e. The summed E-state index contributed by atoms with van der Waals surface area (Å²) in [4.78, 5) is 0. The molecule has 0 bridgehead atoms. The van der Waals surface area contributed by atoms with Crippen LogP contribution in [0, 0.1) is 5.41 Å². The fourth-order valence-corrected chi connectivity index (χ4v) is 3.93. The summed E-state index contributed by atoms with van der Waals surface area (Å²) in [5.41, 5.74) is 1.34. The van der Waals surface area contributed by atoms with Crippen LogP contribution in [-0.4, -0.2) is 20.2 Å². The van der Waals surface area contributed by atoms with Gasteiger partial charge in [0.2, 0.25) is 0 Å². The Morgan fingerprint density at radius 1 is 1.06 bits per heavy atom. The van der Waals surface area contributed by atoms with E-state index in [1.54, 1.807) is 6.07 Å². The standard InChI is InChI=1S/C24H29Cl2N5/c1-6-24(5,27-19-10-8-7-9-11-19)22-28-29-30-31(22)21(23(2,3)4)15-13-17-12-14-18(25)16-20(17)26/h7-16,21,27H,6H2,1-5H3/b15-13+/t21-,24+/m0/s1. The average molecular weight is 458 g/mol. The summed E-state index contributed by atoms with van der Waals surface area (Å²) in [5, 5.41) is 17.7. The Morgan fingerprint density at radius 3 is 2.39 bits per heavy atom. The van der Waals surface area contributed by atoms with Gasteiger partial charge in [-0.3, -0.25) is 0 Å². The van der Waals surface area contributed by atoms with Crippen molar-refractivity contribution in [1.29, 1.82) is 0 Å². The van der Waals surface area contributed by atoms with E-state index in [2.05, 4.69) is 61.5 Å². The summed E-state index contributed by atoms with van der Waals surface area (Å²) >= 11 is 12.4. The third-order valence-corrected chi connectivity index (χ3v) is 6.02. The highest BCUT2D eigenvalue weighted by Crippen LogP contribution is 2.36. The van der Waals surface area contributed by atoms with E-state index in [4.69, 9.17) is 23.2 Å². The van der Waals surface area contributed by atoms with Gasteiger partial charge in [-0.15, -0.1) is 5.10 Å². The highest BCUT2D eigenvalue weighted by Gasteiger charge is 2.36. The van der Waals surface area contributed by atoms with Gasteiger partial charge in [-0.1, -0.05) is 87.3 Å². The Morgan fingerprint density at radius 2 is 1.77 bits per heavy atom. The molecule has 1 heterocycles. The molecule has 0 amide bonds. The van der Waals surface area contributed by atoms with Gasteiger partial charge in [0.25, 0.3) is 0 Å². The van der Waals surface area contributed by atoms with Crippen LogP contribution in [0.4, 0.5) is 5.69 Å². The first-order chi connectivity index (χ1) is 14.6. The van der Waals surface area contributed by atoms with E-state index in [1.807, 2.05) is 53.2 Å². The SMILES string of the molecule is CC[C@@](C)(Nc1ccccc1)c1nnnn1[C@@H](/C=C/c1ccc(Cl)cc1Cl)C(C)(C)C. The second-order valence-corrected chi connectivity index (χ2v) is 9.80. The van der Waals surface area contributed by atoms with Gasteiger partial charge in [0.15, 0.2) is 5.82 Å². The van der Waals surface area contributed by atoms with E-state index in [1.165, 1.54) is 0 Å². The molecule has 2 atom stereocenters. The normalized spacial score (nSPS) is 15.1. The van der Waals surface area contributed by atoms with Gasteiger partial charge in [0, 0.05) is 15.7 Å². The minimum absolute atomic E-state index is 0.0901. The first kappa shape index (κ1) is 23.3. The third kappa shape index (κ3) is 5.46. The molecular weight excluding hydrogens is 429 g/mol. The molecule has 0 radical (unpaired) electrons. The summed E-state index contributed by atoms with van der Waals surface area (Å²) in [5.74, 6) is 0.783. The van der Waals surface area contributed by atoms with Crippen molar-refractivity contribution in [2.45, 2.75) is 52.6 Å². The van der Waals surface area contributed by atoms with Crippen LogP contribution in [0.3, 0.4) is 0 Å². The minimum Gasteiger partial charge on any atom is -0.373 e. The van der Waals surface area contributed by atoms with Crippen LogP contribution in [-0.2, 0) is 5.54 Å². The average Bonchev–Trinajstić information content (AvgIpc) is 3.19. The van der Waals surface area contributed by atoms with Gasteiger partial charge >= 0.3 is 0 Å². The van der Waals surface area contributed by atoms with Crippen LogP contribution in [0.25, 0.3) is 6.08 Å². The van der Waals surface area contributed by atoms with Crippen molar-refractivity contribution in [2.75, 3.05) is 5.32 Å². The molecule has 3 rings (SSSR count). The molecule has 31 heavy (non-hydrogen) atoms. The van der Waals surface area contributed by atoms with Crippen molar-refractivity contribution in [3.8, 4) is 0 Å². The molecule has 1 N–H and O–H groups in total. The number of halogens is 2. The summed E-state index contributed by atoms with van der Waals surface area (Å²) < 4.78 is 1.92. The Bertz CT molecular complexity index is 1040. The fourth-order valence-electron chi connectivity index (χ4n) is 3.46. The number of benzene rings is 2. The summed E-state index contributed by atoms with van der Waals surface area (Å²) in [6, 6.07) is 15.5. The number of rotatable bonds is 7. The third-order valence-electron chi connectivity index (χ3n) is 5.46. The Balaban J connectivity index is 2.00. The van der Waals surface area contributed by atoms with E-state index in [9.17, 15) is 0 Å². The van der Waals surface area contributed by atoms with E-state index >= 15 is 0 Å². The molecule has 5 nitrogen and oxygen atoms in total. The number of para-hydroxylation sites is 1. The van der Waals surface area contributed by atoms with Gasteiger partial charge in [0.05, 0.1) is 11.6 Å². The number of aromatic nitrogens is 4. The molecule has 0 saturated heterocycles. The minimum atomic E-state index is -0.444. The molecule has 0 saturated carbocycles. The fraction of sp³-hybridized carbons (Fsp3) is 0.375. The predicted molar refractivity (Wildman–Crippen MR) is 130 cm³/mol. The Kier molecular flexibility index (Phi) is 7.07. The topological polar surface area (TPSA) is 55.6 Å². The van der Waals surface area contributed by atoms with Crippen LogP contribution in [0.5, 0.6) is 0 Å². The van der Waals surface area contributed by atoms with Crippen molar-refractivity contribution < 1.29 is 0 Å². The van der Waals surface area contributed by atoms with Crippen molar-refractivity contribution in [3.05, 3.63) is 76.0 Å². The molecule has 1 aromatic heterocycles. The summed E-state index contributed by atoms with van der Waals surface area (Å²) in [7, 11) is 0. The smallest absolute Gasteiger partial charge is 0.177 e. The number of allylic oxidation sites excluding steroid dienone is 1. The predicted octanol–water partition coefficient (Wildman–Crippen LogP) is 7.02. The maximum absolute atomic E-state index is 6.38. The first-order valence-corrected chi connectivity index (χ1v) is 11.1. The number of nitrogens with one attached hydrogen (secondary N) is 1. The molecule has 3 aromatic rings. The number of nitrogens with zero attached hydrogens (tertiary/aromatic N) is 4. The molecule has 0 unspecified atom stereocenters. The lowest BCUT2D eigenvalue weighted by Crippen LogP contribution is -2.37. The number of hydrogen-bond donors (Lipinski definition) is 1. The van der Waals surface area contributed by atoms with Gasteiger partial charge in [-0.25, -0.2) is 4.68 Å². The molecule has 0 aliphatic heterocycles. The summed E-state index contributed by atoms with van der Waals surface area (Å²) in [6.45, 7) is 10.8. The van der Waals surface area contributed by atoms with Crippen LogP contribution in [0.1, 0.15) is 58.5 Å². The van der Waals surface area contributed by atoms with E-state index in [0.29, 0.717) is 10.0 Å². The lowest BCUT2D eigenvalue weighted by molar-refractivity contribution is 0.255. The largest absolute Gasteiger partial charge is 0.373 e. The molecule has 0 aliphatic carbocycles. The molecule has 0 aliphatic rings. The maximum atomic E-state index is 6.38. The zero-order chi connectivity index (χ0) is 22.6. The summed E-state index contributed by atoms with van der Waals surface area (Å²) in [6.07, 6.45) is 4.92. The van der Waals surface area contributed by atoms with E-state index < -0.39 is 5.54 Å². The molecule has 0 spiro atoms. The molecular formula is C24H29Cl2N5. The van der Waals surface area contributed by atoms with Crippen LogP contribution >= 0.6 is 23.2 Å². The number of hydrogen-bond acceptors (Lipinski definition) is 4. The molecule has 0 fully saturated rings. The quantitative estimate of drug-likeness (QED) is 0.413.